The first-order valence-electron chi connectivity index (χ1n) is 11.6. The average Bonchev–Trinajstić information content (AvgIpc) is 3.54. The highest BCUT2D eigenvalue weighted by Gasteiger charge is 2.35. The zero-order valence-electron chi connectivity index (χ0n) is 20.1. The van der Waals surface area contributed by atoms with Crippen LogP contribution in [0.4, 0.5) is 18.0 Å². The number of benzene rings is 2. The molecule has 0 bridgehead atoms. The predicted octanol–water partition coefficient (Wildman–Crippen LogP) is 5.31. The summed E-state index contributed by atoms with van der Waals surface area (Å²) in [6.45, 7) is 3.92. The number of ether oxygens (including phenoxy) is 1. The van der Waals surface area contributed by atoms with Gasteiger partial charge in [-0.2, -0.15) is 28.1 Å². The molecular formula is C26H21F3N6O2. The van der Waals surface area contributed by atoms with E-state index in [9.17, 15) is 18.0 Å². The Morgan fingerprint density at radius 3 is 2.62 bits per heavy atom. The van der Waals surface area contributed by atoms with Crippen LogP contribution in [-0.2, 0) is 13.2 Å². The van der Waals surface area contributed by atoms with Crippen molar-refractivity contribution in [2.45, 2.75) is 26.1 Å². The SMILES string of the molecule is Cc1nc2ccccc2c2c1c(C)nn2C(=O)N[C@@H]1COc2cc(-c3cc(C(F)(F)F)nn3C)ccc21. The molecule has 1 aliphatic heterocycles. The minimum absolute atomic E-state index is 0.184. The first kappa shape index (κ1) is 23.0. The van der Waals surface area contributed by atoms with E-state index >= 15 is 0 Å². The van der Waals surface area contributed by atoms with Crippen molar-refractivity contribution in [2.24, 2.45) is 7.05 Å². The first-order valence-corrected chi connectivity index (χ1v) is 11.6. The molecule has 1 amide bonds. The molecule has 0 saturated carbocycles. The van der Waals surface area contributed by atoms with Gasteiger partial charge in [-0.25, -0.2) is 4.79 Å². The molecule has 188 valence electrons. The van der Waals surface area contributed by atoms with Crippen molar-refractivity contribution in [3.8, 4) is 17.0 Å². The first-order chi connectivity index (χ1) is 17.6. The Morgan fingerprint density at radius 1 is 1.08 bits per heavy atom. The second-order valence-corrected chi connectivity index (χ2v) is 9.04. The summed E-state index contributed by atoms with van der Waals surface area (Å²) in [4.78, 5) is 18.1. The lowest BCUT2D eigenvalue weighted by Crippen LogP contribution is -2.33. The maximum absolute atomic E-state index is 13.4. The third kappa shape index (κ3) is 3.69. The smallest absolute Gasteiger partial charge is 0.435 e. The number of aromatic nitrogens is 5. The minimum atomic E-state index is -4.53. The van der Waals surface area contributed by atoms with Crippen LogP contribution in [0.25, 0.3) is 33.1 Å². The molecule has 3 aromatic heterocycles. The number of halogens is 3. The third-order valence-electron chi connectivity index (χ3n) is 6.62. The van der Waals surface area contributed by atoms with Crippen molar-refractivity contribution < 1.29 is 22.7 Å². The van der Waals surface area contributed by atoms with Crippen LogP contribution in [0.2, 0.25) is 0 Å². The van der Waals surface area contributed by atoms with Crippen LogP contribution < -0.4 is 10.1 Å². The number of nitrogens with zero attached hydrogens (tertiary/aromatic N) is 5. The number of pyridine rings is 1. The number of carbonyl (C=O) groups is 1. The van der Waals surface area contributed by atoms with E-state index in [1.54, 1.807) is 18.2 Å². The molecule has 0 saturated heterocycles. The third-order valence-corrected chi connectivity index (χ3v) is 6.62. The Hall–Kier alpha value is -4.41. The average molecular weight is 506 g/mol. The number of hydrogen-bond donors (Lipinski definition) is 1. The van der Waals surface area contributed by atoms with Crippen LogP contribution in [0.1, 0.15) is 28.7 Å². The van der Waals surface area contributed by atoms with Gasteiger partial charge in [-0.15, -0.1) is 0 Å². The molecule has 4 heterocycles. The maximum atomic E-state index is 13.4. The molecule has 0 unspecified atom stereocenters. The summed E-state index contributed by atoms with van der Waals surface area (Å²) < 4.78 is 47.6. The van der Waals surface area contributed by atoms with Gasteiger partial charge < -0.3 is 10.1 Å². The number of hydrogen-bond acceptors (Lipinski definition) is 5. The van der Waals surface area contributed by atoms with Gasteiger partial charge in [-0.05, 0) is 32.0 Å². The summed E-state index contributed by atoms with van der Waals surface area (Å²) in [7, 11) is 1.46. The second-order valence-electron chi connectivity index (χ2n) is 9.04. The summed E-state index contributed by atoms with van der Waals surface area (Å²) in [5, 5.41) is 12.7. The highest BCUT2D eigenvalue weighted by atomic mass is 19.4. The zero-order valence-corrected chi connectivity index (χ0v) is 20.1. The fourth-order valence-electron chi connectivity index (χ4n) is 4.94. The van der Waals surface area contributed by atoms with E-state index in [0.29, 0.717) is 28.2 Å². The van der Waals surface area contributed by atoms with Gasteiger partial charge in [0.1, 0.15) is 12.4 Å². The number of rotatable bonds is 2. The van der Waals surface area contributed by atoms with Gasteiger partial charge in [-0.1, -0.05) is 30.3 Å². The largest absolute Gasteiger partial charge is 0.491 e. The lowest BCUT2D eigenvalue weighted by molar-refractivity contribution is -0.141. The number of para-hydroxylation sites is 1. The monoisotopic (exact) mass is 506 g/mol. The molecule has 0 spiro atoms. The van der Waals surface area contributed by atoms with Crippen LogP contribution >= 0.6 is 0 Å². The van der Waals surface area contributed by atoms with Gasteiger partial charge in [0.05, 0.1) is 28.5 Å². The Kier molecular flexibility index (Phi) is 5.01. The topological polar surface area (TPSA) is 86.9 Å². The quantitative estimate of drug-likeness (QED) is 0.351. The molecule has 5 aromatic rings. The second kappa shape index (κ2) is 8.05. The Balaban J connectivity index is 1.32. The number of aryl methyl sites for hydroxylation is 3. The van der Waals surface area contributed by atoms with Crippen molar-refractivity contribution in [1.82, 2.24) is 29.9 Å². The van der Waals surface area contributed by atoms with E-state index in [0.717, 1.165) is 33.6 Å². The van der Waals surface area contributed by atoms with Crippen molar-refractivity contribution in [2.75, 3.05) is 6.61 Å². The van der Waals surface area contributed by atoms with Crippen LogP contribution in [0, 0.1) is 13.8 Å². The van der Waals surface area contributed by atoms with Crippen LogP contribution in [-0.4, -0.2) is 37.2 Å². The summed E-state index contributed by atoms with van der Waals surface area (Å²) in [5.41, 5.74) is 3.54. The summed E-state index contributed by atoms with van der Waals surface area (Å²) >= 11 is 0. The number of alkyl halides is 3. The zero-order chi connectivity index (χ0) is 26.1. The molecule has 0 aliphatic carbocycles. The predicted molar refractivity (Wildman–Crippen MR) is 130 cm³/mol. The molecule has 6 rings (SSSR count). The molecule has 1 atom stereocenters. The standard InChI is InChI=1S/C26H21F3N6O2/c1-13-23-14(2)32-35(24(23)17-6-4-5-7-18(17)30-13)25(36)31-19-12-37-21-10-15(8-9-16(19)21)20-11-22(26(27,28)29)33-34(20)3/h4-11,19H,12H2,1-3H3,(H,31,36)/t19-/m1/s1. The molecule has 37 heavy (non-hydrogen) atoms. The Morgan fingerprint density at radius 2 is 1.86 bits per heavy atom. The molecular weight excluding hydrogens is 485 g/mol. The van der Waals surface area contributed by atoms with Gasteiger partial charge in [0.25, 0.3) is 0 Å². The van der Waals surface area contributed by atoms with Crippen molar-refractivity contribution in [3.63, 3.8) is 0 Å². The summed E-state index contributed by atoms with van der Waals surface area (Å²) in [6, 6.07) is 12.8. The van der Waals surface area contributed by atoms with E-state index in [1.165, 1.54) is 16.4 Å². The van der Waals surface area contributed by atoms with E-state index < -0.39 is 23.9 Å². The van der Waals surface area contributed by atoms with Crippen LogP contribution in [0.5, 0.6) is 5.75 Å². The van der Waals surface area contributed by atoms with Crippen molar-refractivity contribution in [1.29, 1.82) is 0 Å². The van der Waals surface area contributed by atoms with E-state index in [-0.39, 0.29) is 6.61 Å². The van der Waals surface area contributed by atoms with E-state index in [2.05, 4.69) is 20.5 Å². The van der Waals surface area contributed by atoms with Gasteiger partial charge in [-0.3, -0.25) is 9.67 Å². The highest BCUT2D eigenvalue weighted by molar-refractivity contribution is 6.08. The lowest BCUT2D eigenvalue weighted by atomic mass is 10.0. The molecule has 1 aliphatic rings. The number of carbonyl (C=O) groups excluding carboxylic acids is 1. The highest BCUT2D eigenvalue weighted by Crippen LogP contribution is 2.38. The van der Waals surface area contributed by atoms with Gasteiger partial charge in [0.15, 0.2) is 5.69 Å². The van der Waals surface area contributed by atoms with Crippen molar-refractivity contribution >= 4 is 27.8 Å². The lowest BCUT2D eigenvalue weighted by Gasteiger charge is -2.13. The van der Waals surface area contributed by atoms with Crippen LogP contribution in [0.15, 0.2) is 48.5 Å². The van der Waals surface area contributed by atoms with E-state index in [1.807, 2.05) is 38.1 Å². The maximum Gasteiger partial charge on any atom is 0.435 e. The fourth-order valence-corrected chi connectivity index (χ4v) is 4.94. The minimum Gasteiger partial charge on any atom is -0.491 e. The molecule has 1 N–H and O–H groups in total. The molecule has 0 fully saturated rings. The molecule has 11 heteroatoms. The van der Waals surface area contributed by atoms with Gasteiger partial charge >= 0.3 is 12.2 Å². The Bertz CT molecular complexity index is 1720. The Labute approximate surface area is 208 Å². The summed E-state index contributed by atoms with van der Waals surface area (Å²) in [6.07, 6.45) is -4.53. The number of fused-ring (bicyclic) bond motifs is 4. The van der Waals surface area contributed by atoms with Gasteiger partial charge in [0, 0.05) is 34.6 Å². The van der Waals surface area contributed by atoms with E-state index in [4.69, 9.17) is 4.74 Å². The number of amides is 1. The number of nitrogens with one attached hydrogen (secondary N) is 1. The van der Waals surface area contributed by atoms with Crippen molar-refractivity contribution in [3.05, 3.63) is 71.2 Å². The van der Waals surface area contributed by atoms with Gasteiger partial charge in [0.2, 0.25) is 0 Å². The van der Waals surface area contributed by atoms with Crippen LogP contribution in [0.3, 0.4) is 0 Å². The molecule has 0 radical (unpaired) electrons. The normalized spacial score (nSPS) is 15.2. The molecule has 8 nitrogen and oxygen atoms in total. The summed E-state index contributed by atoms with van der Waals surface area (Å²) in [5.74, 6) is 0.490. The fraction of sp³-hybridized carbons (Fsp3) is 0.231. The molecule has 2 aromatic carbocycles.